The fourth-order valence-corrected chi connectivity index (χ4v) is 1.90. The quantitative estimate of drug-likeness (QED) is 0.845. The summed E-state index contributed by atoms with van der Waals surface area (Å²) in [6, 6.07) is 3.72. The van der Waals surface area contributed by atoms with Crippen LogP contribution in [0.4, 0.5) is 0 Å². The number of carboxylic acid groups (broad SMARTS) is 1. The van der Waals surface area contributed by atoms with Gasteiger partial charge in [0.15, 0.2) is 0 Å². The number of aromatic nitrogens is 3. The molecule has 2 aromatic heterocycles. The smallest absolute Gasteiger partial charge is 0.314 e. The Labute approximate surface area is 107 Å². The highest BCUT2D eigenvalue weighted by Crippen LogP contribution is 2.24. The molecule has 94 valence electrons. The van der Waals surface area contributed by atoms with E-state index >= 15 is 0 Å². The molecule has 18 heavy (non-hydrogen) atoms. The first-order valence-corrected chi connectivity index (χ1v) is 6.17. The summed E-state index contributed by atoms with van der Waals surface area (Å²) in [6.07, 6.45) is 0. The molecule has 2 heterocycles. The summed E-state index contributed by atoms with van der Waals surface area (Å²) < 4.78 is 5.38. The number of aliphatic carboxylic acids is 1. The van der Waals surface area contributed by atoms with Crippen molar-refractivity contribution in [3.63, 3.8) is 0 Å². The third-order valence-corrected chi connectivity index (χ3v) is 2.98. The minimum absolute atomic E-state index is 0.104. The molecule has 0 aliphatic heterocycles. The predicted octanol–water partition coefficient (Wildman–Crippen LogP) is 1.93. The highest BCUT2D eigenvalue weighted by Gasteiger charge is 2.13. The molecule has 0 radical (unpaired) electrons. The lowest BCUT2D eigenvalue weighted by atomic mass is 10.2. The first-order chi connectivity index (χ1) is 8.56. The topological polar surface area (TPSA) is 89.1 Å². The van der Waals surface area contributed by atoms with E-state index in [2.05, 4.69) is 15.2 Å². The Morgan fingerprint density at radius 2 is 2.17 bits per heavy atom. The highest BCUT2D eigenvalue weighted by molar-refractivity contribution is 7.99. The van der Waals surface area contributed by atoms with Gasteiger partial charge in [-0.25, -0.2) is 0 Å². The van der Waals surface area contributed by atoms with Gasteiger partial charge in [-0.05, 0) is 26.0 Å². The maximum absolute atomic E-state index is 10.4. The van der Waals surface area contributed by atoms with Crippen molar-refractivity contribution in [3.05, 3.63) is 23.5 Å². The summed E-state index contributed by atoms with van der Waals surface area (Å²) in [5.74, 6) is -0.673. The summed E-state index contributed by atoms with van der Waals surface area (Å²) in [5, 5.41) is 16.5. The van der Waals surface area contributed by atoms with Crippen molar-refractivity contribution in [1.82, 2.24) is 15.2 Å². The third kappa shape index (κ3) is 2.86. The van der Waals surface area contributed by atoms with E-state index < -0.39 is 5.97 Å². The Kier molecular flexibility index (Phi) is 3.61. The first kappa shape index (κ1) is 12.6. The molecular weight excluding hydrogens is 254 g/mol. The summed E-state index contributed by atoms with van der Waals surface area (Å²) >= 11 is 0.993. The van der Waals surface area contributed by atoms with Gasteiger partial charge in [0.05, 0.1) is 11.3 Å². The van der Waals surface area contributed by atoms with Crippen molar-refractivity contribution in [3.8, 4) is 11.5 Å². The van der Waals surface area contributed by atoms with Gasteiger partial charge in [0, 0.05) is 5.69 Å². The van der Waals surface area contributed by atoms with E-state index in [0.717, 1.165) is 28.7 Å². The number of hydrogen-bond donors (Lipinski definition) is 1. The molecule has 0 amide bonds. The van der Waals surface area contributed by atoms with E-state index in [1.807, 2.05) is 26.0 Å². The van der Waals surface area contributed by atoms with Crippen LogP contribution >= 0.6 is 11.8 Å². The Hall–Kier alpha value is -1.89. The molecule has 0 saturated heterocycles. The largest absolute Gasteiger partial charge is 0.481 e. The molecule has 0 fully saturated rings. The van der Waals surface area contributed by atoms with Crippen molar-refractivity contribution in [1.29, 1.82) is 0 Å². The fraction of sp³-hybridized carbons (Fsp3) is 0.273. The normalized spacial score (nSPS) is 10.6. The SMILES string of the molecule is Cc1ccc(-c2nnc(SCC(=O)O)o2)c(C)n1. The van der Waals surface area contributed by atoms with Crippen LogP contribution in [0.15, 0.2) is 21.8 Å². The summed E-state index contributed by atoms with van der Waals surface area (Å²) in [5.41, 5.74) is 2.47. The summed E-state index contributed by atoms with van der Waals surface area (Å²) in [7, 11) is 0. The number of nitrogens with zero attached hydrogens (tertiary/aromatic N) is 3. The van der Waals surface area contributed by atoms with Gasteiger partial charge in [-0.2, -0.15) is 0 Å². The molecule has 2 aromatic rings. The number of pyridine rings is 1. The molecule has 0 aromatic carbocycles. The second kappa shape index (κ2) is 5.18. The van der Waals surface area contributed by atoms with Crippen LogP contribution in [-0.4, -0.2) is 32.0 Å². The second-order valence-corrected chi connectivity index (χ2v) is 4.57. The molecule has 0 aliphatic carbocycles. The minimum Gasteiger partial charge on any atom is -0.481 e. The number of hydrogen-bond acceptors (Lipinski definition) is 6. The van der Waals surface area contributed by atoms with Crippen molar-refractivity contribution in [2.24, 2.45) is 0 Å². The molecule has 0 bridgehead atoms. The Morgan fingerprint density at radius 1 is 1.39 bits per heavy atom. The average Bonchev–Trinajstić information content (AvgIpc) is 2.75. The molecule has 0 atom stereocenters. The van der Waals surface area contributed by atoms with E-state index in [4.69, 9.17) is 9.52 Å². The molecule has 0 saturated carbocycles. The Morgan fingerprint density at radius 3 is 2.83 bits per heavy atom. The van der Waals surface area contributed by atoms with Crippen LogP contribution in [0, 0.1) is 13.8 Å². The van der Waals surface area contributed by atoms with Gasteiger partial charge in [0.2, 0.25) is 0 Å². The number of rotatable bonds is 4. The average molecular weight is 265 g/mol. The molecule has 0 spiro atoms. The van der Waals surface area contributed by atoms with Crippen LogP contribution in [-0.2, 0) is 4.79 Å². The zero-order valence-electron chi connectivity index (χ0n) is 9.88. The number of aryl methyl sites for hydroxylation is 2. The molecular formula is C11H11N3O3S. The predicted molar refractivity (Wildman–Crippen MR) is 65.4 cm³/mol. The van der Waals surface area contributed by atoms with Gasteiger partial charge in [-0.1, -0.05) is 11.8 Å². The Balaban J connectivity index is 2.21. The van der Waals surface area contributed by atoms with Gasteiger partial charge in [-0.3, -0.25) is 9.78 Å². The van der Waals surface area contributed by atoms with E-state index in [1.165, 1.54) is 0 Å². The van der Waals surface area contributed by atoms with Crippen LogP contribution in [0.25, 0.3) is 11.5 Å². The molecule has 0 aliphatic rings. The van der Waals surface area contributed by atoms with Crippen LogP contribution < -0.4 is 0 Å². The van der Waals surface area contributed by atoms with Crippen LogP contribution in [0.3, 0.4) is 0 Å². The maximum Gasteiger partial charge on any atom is 0.314 e. The summed E-state index contributed by atoms with van der Waals surface area (Å²) in [4.78, 5) is 14.7. The van der Waals surface area contributed by atoms with Crippen LogP contribution in [0.1, 0.15) is 11.4 Å². The lowest BCUT2D eigenvalue weighted by Crippen LogP contribution is -1.97. The lowest BCUT2D eigenvalue weighted by Gasteiger charge is -2.00. The minimum atomic E-state index is -0.923. The van der Waals surface area contributed by atoms with E-state index in [9.17, 15) is 4.79 Å². The van der Waals surface area contributed by atoms with Gasteiger partial charge < -0.3 is 9.52 Å². The number of thioether (sulfide) groups is 1. The van der Waals surface area contributed by atoms with E-state index in [1.54, 1.807) is 0 Å². The molecule has 7 heteroatoms. The monoisotopic (exact) mass is 265 g/mol. The van der Waals surface area contributed by atoms with Crippen molar-refractivity contribution < 1.29 is 14.3 Å². The van der Waals surface area contributed by atoms with Crippen molar-refractivity contribution in [2.45, 2.75) is 19.1 Å². The third-order valence-electron chi connectivity index (χ3n) is 2.18. The zero-order chi connectivity index (χ0) is 13.1. The standard InChI is InChI=1S/C11H11N3O3S/c1-6-3-4-8(7(2)12-6)10-13-14-11(17-10)18-5-9(15)16/h3-4H,5H2,1-2H3,(H,15,16). The van der Waals surface area contributed by atoms with Crippen molar-refractivity contribution >= 4 is 17.7 Å². The highest BCUT2D eigenvalue weighted by atomic mass is 32.2. The van der Waals surface area contributed by atoms with E-state index in [-0.39, 0.29) is 11.0 Å². The van der Waals surface area contributed by atoms with Gasteiger partial charge in [0.25, 0.3) is 11.1 Å². The van der Waals surface area contributed by atoms with Gasteiger partial charge in [-0.15, -0.1) is 10.2 Å². The molecule has 1 N–H and O–H groups in total. The fourth-order valence-electron chi connectivity index (χ4n) is 1.41. The maximum atomic E-state index is 10.4. The molecule has 2 rings (SSSR count). The van der Waals surface area contributed by atoms with Crippen LogP contribution in [0.5, 0.6) is 0 Å². The zero-order valence-corrected chi connectivity index (χ0v) is 10.7. The number of carbonyl (C=O) groups is 1. The van der Waals surface area contributed by atoms with Crippen LogP contribution in [0.2, 0.25) is 0 Å². The lowest BCUT2D eigenvalue weighted by molar-refractivity contribution is -0.133. The van der Waals surface area contributed by atoms with Crippen molar-refractivity contribution in [2.75, 3.05) is 5.75 Å². The second-order valence-electron chi connectivity index (χ2n) is 3.64. The molecule has 6 nitrogen and oxygen atoms in total. The Bertz CT molecular complexity index is 583. The molecule has 0 unspecified atom stereocenters. The number of carboxylic acids is 1. The van der Waals surface area contributed by atoms with Gasteiger partial charge >= 0.3 is 5.97 Å². The summed E-state index contributed by atoms with van der Waals surface area (Å²) in [6.45, 7) is 3.76. The van der Waals surface area contributed by atoms with Gasteiger partial charge in [0.1, 0.15) is 5.75 Å². The van der Waals surface area contributed by atoms with E-state index in [0.29, 0.717) is 5.89 Å². The first-order valence-electron chi connectivity index (χ1n) is 5.19.